The molecule has 2 nitrogen and oxygen atoms in total. The Morgan fingerprint density at radius 3 is 3.11 bits per heavy atom. The molecule has 0 spiro atoms. The summed E-state index contributed by atoms with van der Waals surface area (Å²) in [5, 5.41) is 4.39. The Balaban J connectivity index is 1.80. The number of nitrogens with zero attached hydrogens (tertiary/aromatic N) is 1. The number of piperidine rings is 1. The number of halogens is 1. The van der Waals surface area contributed by atoms with E-state index in [-0.39, 0.29) is 0 Å². The Labute approximate surface area is 114 Å². The van der Waals surface area contributed by atoms with Gasteiger partial charge >= 0.3 is 0 Å². The van der Waals surface area contributed by atoms with Crippen LogP contribution in [0.25, 0.3) is 0 Å². The van der Waals surface area contributed by atoms with Crippen molar-refractivity contribution in [3.8, 4) is 0 Å². The standard InChI is InChI=1S/C15H21ClN2/c1-11(12-4-2-6-14(16)8-12)18-7-3-5-13-9-17-10-15(13)18/h2,4,6,8,11,13,15,17H,3,5,7,9-10H2,1H3. The molecule has 2 aliphatic rings. The highest BCUT2D eigenvalue weighted by atomic mass is 35.5. The van der Waals surface area contributed by atoms with Crippen molar-refractivity contribution in [2.45, 2.75) is 31.8 Å². The van der Waals surface area contributed by atoms with E-state index in [1.807, 2.05) is 6.07 Å². The molecule has 2 saturated heterocycles. The third-order valence-electron chi connectivity index (χ3n) is 4.55. The number of hydrogen-bond donors (Lipinski definition) is 1. The predicted molar refractivity (Wildman–Crippen MR) is 76.0 cm³/mol. The molecule has 0 saturated carbocycles. The lowest BCUT2D eigenvalue weighted by atomic mass is 9.90. The van der Waals surface area contributed by atoms with Crippen LogP contribution in [0.3, 0.4) is 0 Å². The SMILES string of the molecule is CC(c1cccc(Cl)c1)N1CCCC2CNCC21. The van der Waals surface area contributed by atoms with Crippen LogP contribution in [0.5, 0.6) is 0 Å². The summed E-state index contributed by atoms with van der Waals surface area (Å²) < 4.78 is 0. The topological polar surface area (TPSA) is 15.3 Å². The van der Waals surface area contributed by atoms with Crippen LogP contribution in [0.1, 0.15) is 31.4 Å². The molecule has 0 bridgehead atoms. The van der Waals surface area contributed by atoms with E-state index in [0.29, 0.717) is 12.1 Å². The molecule has 3 unspecified atom stereocenters. The molecule has 18 heavy (non-hydrogen) atoms. The lowest BCUT2D eigenvalue weighted by Gasteiger charge is -2.41. The van der Waals surface area contributed by atoms with Crippen LogP contribution in [-0.2, 0) is 0 Å². The average molecular weight is 265 g/mol. The molecular weight excluding hydrogens is 244 g/mol. The largest absolute Gasteiger partial charge is 0.315 e. The number of hydrogen-bond acceptors (Lipinski definition) is 2. The van der Waals surface area contributed by atoms with Gasteiger partial charge in [-0.25, -0.2) is 0 Å². The van der Waals surface area contributed by atoms with E-state index in [2.05, 4.69) is 35.3 Å². The Morgan fingerprint density at radius 2 is 2.28 bits per heavy atom. The summed E-state index contributed by atoms with van der Waals surface area (Å²) in [4.78, 5) is 2.67. The number of nitrogens with one attached hydrogen (secondary N) is 1. The van der Waals surface area contributed by atoms with Crippen LogP contribution in [-0.4, -0.2) is 30.6 Å². The first-order valence-corrected chi connectivity index (χ1v) is 7.35. The van der Waals surface area contributed by atoms with Gasteiger partial charge in [-0.1, -0.05) is 23.7 Å². The van der Waals surface area contributed by atoms with Crippen LogP contribution in [0.15, 0.2) is 24.3 Å². The second-order valence-electron chi connectivity index (χ2n) is 5.60. The minimum atomic E-state index is 0.469. The maximum Gasteiger partial charge on any atom is 0.0409 e. The molecule has 0 radical (unpaired) electrons. The summed E-state index contributed by atoms with van der Waals surface area (Å²) in [6.07, 6.45) is 2.71. The van der Waals surface area contributed by atoms with Crippen molar-refractivity contribution in [2.24, 2.45) is 5.92 Å². The molecule has 2 aliphatic heterocycles. The van der Waals surface area contributed by atoms with E-state index in [1.165, 1.54) is 31.5 Å². The van der Waals surface area contributed by atoms with Crippen molar-refractivity contribution in [3.63, 3.8) is 0 Å². The Bertz CT molecular complexity index is 421. The van der Waals surface area contributed by atoms with Crippen LogP contribution >= 0.6 is 11.6 Å². The summed E-state index contributed by atoms with van der Waals surface area (Å²) in [7, 11) is 0. The fraction of sp³-hybridized carbons (Fsp3) is 0.600. The molecule has 3 heteroatoms. The number of likely N-dealkylation sites (tertiary alicyclic amines) is 1. The summed E-state index contributed by atoms with van der Waals surface area (Å²) in [5.74, 6) is 0.848. The van der Waals surface area contributed by atoms with Crippen LogP contribution in [0.4, 0.5) is 0 Å². The van der Waals surface area contributed by atoms with Crippen molar-refractivity contribution in [1.82, 2.24) is 10.2 Å². The van der Waals surface area contributed by atoms with Gasteiger partial charge in [0.1, 0.15) is 0 Å². The van der Waals surface area contributed by atoms with Gasteiger partial charge in [0.05, 0.1) is 0 Å². The monoisotopic (exact) mass is 264 g/mol. The Kier molecular flexibility index (Phi) is 3.60. The van der Waals surface area contributed by atoms with Crippen molar-refractivity contribution in [1.29, 1.82) is 0 Å². The lowest BCUT2D eigenvalue weighted by Crippen LogP contribution is -2.46. The van der Waals surface area contributed by atoms with E-state index in [0.717, 1.165) is 17.5 Å². The molecule has 0 amide bonds. The predicted octanol–water partition coefficient (Wildman–Crippen LogP) is 3.08. The van der Waals surface area contributed by atoms with Gasteiger partial charge in [0.2, 0.25) is 0 Å². The fourth-order valence-corrected chi connectivity index (χ4v) is 3.74. The van der Waals surface area contributed by atoms with Gasteiger partial charge in [-0.15, -0.1) is 0 Å². The molecule has 1 aromatic carbocycles. The van der Waals surface area contributed by atoms with Gasteiger partial charge < -0.3 is 5.32 Å². The van der Waals surface area contributed by atoms with Gasteiger partial charge in [0.25, 0.3) is 0 Å². The van der Waals surface area contributed by atoms with E-state index < -0.39 is 0 Å². The van der Waals surface area contributed by atoms with Crippen molar-refractivity contribution >= 4 is 11.6 Å². The van der Waals surface area contributed by atoms with Gasteiger partial charge in [-0.3, -0.25) is 4.90 Å². The normalized spacial score (nSPS) is 30.1. The second-order valence-corrected chi connectivity index (χ2v) is 6.03. The number of benzene rings is 1. The summed E-state index contributed by atoms with van der Waals surface area (Å²) in [5.41, 5.74) is 1.34. The highest BCUT2D eigenvalue weighted by molar-refractivity contribution is 6.30. The third kappa shape index (κ3) is 2.29. The van der Waals surface area contributed by atoms with Crippen molar-refractivity contribution in [2.75, 3.05) is 19.6 Å². The zero-order valence-corrected chi connectivity index (χ0v) is 11.7. The zero-order chi connectivity index (χ0) is 12.5. The smallest absolute Gasteiger partial charge is 0.0409 e. The molecule has 1 N–H and O–H groups in total. The Morgan fingerprint density at radius 1 is 1.39 bits per heavy atom. The van der Waals surface area contributed by atoms with E-state index >= 15 is 0 Å². The lowest BCUT2D eigenvalue weighted by molar-refractivity contribution is 0.0847. The summed E-state index contributed by atoms with van der Waals surface area (Å²) in [6, 6.07) is 9.50. The number of fused-ring (bicyclic) bond motifs is 1. The zero-order valence-electron chi connectivity index (χ0n) is 10.9. The molecule has 98 valence electrons. The van der Waals surface area contributed by atoms with Crippen LogP contribution in [0.2, 0.25) is 5.02 Å². The van der Waals surface area contributed by atoms with Gasteiger partial charge in [0, 0.05) is 23.7 Å². The first-order valence-electron chi connectivity index (χ1n) is 6.97. The van der Waals surface area contributed by atoms with Gasteiger partial charge in [-0.2, -0.15) is 0 Å². The van der Waals surface area contributed by atoms with Crippen molar-refractivity contribution < 1.29 is 0 Å². The molecule has 3 atom stereocenters. The third-order valence-corrected chi connectivity index (χ3v) is 4.79. The van der Waals surface area contributed by atoms with Gasteiger partial charge in [0.15, 0.2) is 0 Å². The van der Waals surface area contributed by atoms with E-state index in [4.69, 9.17) is 11.6 Å². The maximum atomic E-state index is 6.11. The number of rotatable bonds is 2. The molecule has 3 rings (SSSR count). The second kappa shape index (κ2) is 5.20. The fourth-order valence-electron chi connectivity index (χ4n) is 3.54. The average Bonchev–Trinajstić information content (AvgIpc) is 2.86. The first kappa shape index (κ1) is 12.5. The minimum absolute atomic E-state index is 0.469. The Hall–Kier alpha value is -0.570. The first-order chi connectivity index (χ1) is 8.75. The highest BCUT2D eigenvalue weighted by Gasteiger charge is 2.37. The summed E-state index contributed by atoms with van der Waals surface area (Å²) >= 11 is 6.11. The molecular formula is C15H21ClN2. The molecule has 2 heterocycles. The molecule has 2 fully saturated rings. The van der Waals surface area contributed by atoms with Gasteiger partial charge in [-0.05, 0) is 56.5 Å². The van der Waals surface area contributed by atoms with Crippen molar-refractivity contribution in [3.05, 3.63) is 34.9 Å². The quantitative estimate of drug-likeness (QED) is 0.883. The molecule has 0 aliphatic carbocycles. The van der Waals surface area contributed by atoms with Crippen LogP contribution in [0, 0.1) is 5.92 Å². The minimum Gasteiger partial charge on any atom is -0.315 e. The van der Waals surface area contributed by atoms with Crippen LogP contribution < -0.4 is 5.32 Å². The van der Waals surface area contributed by atoms with E-state index in [9.17, 15) is 0 Å². The molecule has 1 aromatic rings. The maximum absolute atomic E-state index is 6.11. The highest BCUT2D eigenvalue weighted by Crippen LogP contribution is 2.33. The van der Waals surface area contributed by atoms with E-state index in [1.54, 1.807) is 0 Å². The summed E-state index contributed by atoms with van der Waals surface area (Å²) in [6.45, 7) is 5.88. The molecule has 0 aromatic heterocycles.